The fraction of sp³-hybridized carbons (Fsp3) is 0.407. The Labute approximate surface area is 209 Å². The molecule has 4 atom stereocenters. The summed E-state index contributed by atoms with van der Waals surface area (Å²) in [6.07, 6.45) is 2.42. The van der Waals surface area contributed by atoms with Crippen LogP contribution in [0.2, 0.25) is 5.02 Å². The first-order valence-corrected chi connectivity index (χ1v) is 12.4. The molecule has 0 spiro atoms. The summed E-state index contributed by atoms with van der Waals surface area (Å²) >= 11 is 6.20. The third kappa shape index (κ3) is 4.22. The van der Waals surface area contributed by atoms with Gasteiger partial charge in [-0.2, -0.15) is 0 Å². The van der Waals surface area contributed by atoms with Crippen LogP contribution < -0.4 is 14.5 Å². The minimum atomic E-state index is -0.635. The second-order valence-corrected chi connectivity index (χ2v) is 10.3. The Morgan fingerprint density at radius 3 is 2.57 bits per heavy atom. The number of carbonyl (C=O) groups excluding carboxylic acids is 4. The third-order valence-corrected chi connectivity index (χ3v) is 7.88. The number of fused-ring (bicyclic) bond motifs is 1. The summed E-state index contributed by atoms with van der Waals surface area (Å²) in [5.74, 6) is -1.57. The maximum absolute atomic E-state index is 13.0. The number of imide groups is 1. The van der Waals surface area contributed by atoms with Crippen molar-refractivity contribution in [1.82, 2.24) is 0 Å². The lowest BCUT2D eigenvalue weighted by atomic mass is 9.76. The van der Waals surface area contributed by atoms with Crippen molar-refractivity contribution >= 4 is 46.7 Å². The molecule has 5 rings (SSSR count). The third-order valence-electron chi connectivity index (χ3n) is 7.47. The van der Waals surface area contributed by atoms with Gasteiger partial charge < -0.3 is 9.64 Å². The quantitative estimate of drug-likeness (QED) is 0.354. The lowest BCUT2D eigenvalue weighted by molar-refractivity contribution is -0.139. The molecule has 1 aliphatic carbocycles. The molecule has 2 heterocycles. The molecule has 7 nitrogen and oxygen atoms in total. The van der Waals surface area contributed by atoms with E-state index in [2.05, 4.69) is 6.92 Å². The summed E-state index contributed by atoms with van der Waals surface area (Å²) in [5.41, 5.74) is 1.87. The molecule has 182 valence electrons. The van der Waals surface area contributed by atoms with Crippen LogP contribution in [-0.2, 0) is 19.2 Å². The van der Waals surface area contributed by atoms with Crippen LogP contribution in [0.4, 0.5) is 11.4 Å². The number of carbonyl (C=O) groups is 4. The van der Waals surface area contributed by atoms with E-state index in [0.717, 1.165) is 24.8 Å². The predicted octanol–water partition coefficient (Wildman–Crippen LogP) is 4.53. The van der Waals surface area contributed by atoms with E-state index in [1.165, 1.54) is 4.90 Å². The van der Waals surface area contributed by atoms with Crippen LogP contribution in [0, 0.1) is 30.6 Å². The SMILES string of the molecule is Cc1c(Cl)cccc1N1C[C@H](C(=O)Oc2cccc(N3C(=O)[C@@H]4CC[C@H](C)C[C@H]4C3=O)c2)CC1=O. The molecule has 1 saturated carbocycles. The lowest BCUT2D eigenvalue weighted by Gasteiger charge is -2.25. The highest BCUT2D eigenvalue weighted by atomic mass is 35.5. The van der Waals surface area contributed by atoms with E-state index in [9.17, 15) is 19.2 Å². The van der Waals surface area contributed by atoms with E-state index >= 15 is 0 Å². The van der Waals surface area contributed by atoms with Crippen LogP contribution in [0.15, 0.2) is 42.5 Å². The monoisotopic (exact) mass is 494 g/mol. The van der Waals surface area contributed by atoms with Crippen molar-refractivity contribution in [1.29, 1.82) is 0 Å². The predicted molar refractivity (Wildman–Crippen MR) is 131 cm³/mol. The highest BCUT2D eigenvalue weighted by molar-refractivity contribution is 6.31. The van der Waals surface area contributed by atoms with Gasteiger partial charge in [0.15, 0.2) is 0 Å². The van der Waals surface area contributed by atoms with Crippen molar-refractivity contribution in [2.45, 2.75) is 39.5 Å². The van der Waals surface area contributed by atoms with Gasteiger partial charge in [-0.05, 0) is 61.9 Å². The number of esters is 1. The molecule has 2 aromatic carbocycles. The van der Waals surface area contributed by atoms with Crippen molar-refractivity contribution in [2.24, 2.45) is 23.7 Å². The molecule has 2 saturated heterocycles. The summed E-state index contributed by atoms with van der Waals surface area (Å²) in [5, 5.41) is 0.554. The molecule has 2 aromatic rings. The van der Waals surface area contributed by atoms with Gasteiger partial charge in [-0.25, -0.2) is 4.90 Å². The molecule has 0 bridgehead atoms. The van der Waals surface area contributed by atoms with Crippen molar-refractivity contribution in [2.75, 3.05) is 16.3 Å². The average molecular weight is 495 g/mol. The number of hydrogen-bond donors (Lipinski definition) is 0. The average Bonchev–Trinajstić information content (AvgIpc) is 3.33. The van der Waals surface area contributed by atoms with Gasteiger partial charge in [-0.15, -0.1) is 0 Å². The first kappa shape index (κ1) is 23.5. The van der Waals surface area contributed by atoms with E-state index in [4.69, 9.17) is 16.3 Å². The fourth-order valence-electron chi connectivity index (χ4n) is 5.52. The number of hydrogen-bond acceptors (Lipinski definition) is 5. The van der Waals surface area contributed by atoms with Gasteiger partial charge >= 0.3 is 5.97 Å². The van der Waals surface area contributed by atoms with Crippen molar-refractivity contribution in [3.63, 3.8) is 0 Å². The Morgan fingerprint density at radius 2 is 1.77 bits per heavy atom. The first-order valence-electron chi connectivity index (χ1n) is 12.0. The Balaban J connectivity index is 1.30. The summed E-state index contributed by atoms with van der Waals surface area (Å²) in [7, 11) is 0. The van der Waals surface area contributed by atoms with Gasteiger partial charge in [-0.3, -0.25) is 19.2 Å². The zero-order valence-electron chi connectivity index (χ0n) is 19.7. The molecule has 0 radical (unpaired) electrons. The lowest BCUT2D eigenvalue weighted by Crippen LogP contribution is -2.31. The Hall–Kier alpha value is -3.19. The largest absolute Gasteiger partial charge is 0.426 e. The molecular formula is C27H27ClN2O5. The maximum Gasteiger partial charge on any atom is 0.316 e. The summed E-state index contributed by atoms with van der Waals surface area (Å²) < 4.78 is 5.60. The van der Waals surface area contributed by atoms with Gasteiger partial charge in [0, 0.05) is 29.7 Å². The van der Waals surface area contributed by atoms with Gasteiger partial charge in [-0.1, -0.05) is 30.7 Å². The summed E-state index contributed by atoms with van der Waals surface area (Å²) in [6.45, 7) is 4.14. The van der Waals surface area contributed by atoms with E-state index in [1.807, 2.05) is 6.92 Å². The highest BCUT2D eigenvalue weighted by Crippen LogP contribution is 2.42. The standard InChI is InChI=1S/C27H27ClN2O5/c1-15-9-10-20-21(11-15)26(33)30(25(20)32)18-5-3-6-19(13-18)35-27(34)17-12-24(31)29(14-17)23-8-4-7-22(28)16(23)2/h3-8,13,15,17,20-21H,9-12,14H2,1-2H3/t15-,17+,20+,21+/m0/s1. The van der Waals surface area contributed by atoms with Gasteiger partial charge in [0.25, 0.3) is 0 Å². The Bertz CT molecular complexity index is 1230. The number of rotatable bonds is 4. The Morgan fingerprint density at radius 1 is 1.03 bits per heavy atom. The number of nitrogens with zero attached hydrogens (tertiary/aromatic N) is 2. The number of ether oxygens (including phenoxy) is 1. The number of anilines is 2. The first-order chi connectivity index (χ1) is 16.7. The van der Waals surface area contributed by atoms with Crippen molar-refractivity contribution in [3.8, 4) is 5.75 Å². The van der Waals surface area contributed by atoms with Crippen LogP contribution >= 0.6 is 11.6 Å². The van der Waals surface area contributed by atoms with Gasteiger partial charge in [0.05, 0.1) is 23.4 Å². The minimum absolute atomic E-state index is 0.0368. The number of benzene rings is 2. The maximum atomic E-state index is 13.0. The molecular weight excluding hydrogens is 468 g/mol. The topological polar surface area (TPSA) is 84.0 Å². The number of halogens is 1. The zero-order valence-corrected chi connectivity index (χ0v) is 20.5. The van der Waals surface area contributed by atoms with Gasteiger partial charge in [0.2, 0.25) is 17.7 Å². The molecule has 8 heteroatoms. The van der Waals surface area contributed by atoms with Crippen LogP contribution in [0.1, 0.15) is 38.2 Å². The van der Waals surface area contributed by atoms with Crippen LogP contribution in [0.5, 0.6) is 5.75 Å². The van der Waals surface area contributed by atoms with E-state index < -0.39 is 11.9 Å². The summed E-state index contributed by atoms with van der Waals surface area (Å²) in [6, 6.07) is 11.8. The summed E-state index contributed by atoms with van der Waals surface area (Å²) in [4.78, 5) is 54.4. The fourth-order valence-corrected chi connectivity index (χ4v) is 5.69. The molecule has 0 aromatic heterocycles. The van der Waals surface area contributed by atoms with Crippen LogP contribution in [-0.4, -0.2) is 30.2 Å². The van der Waals surface area contributed by atoms with Gasteiger partial charge in [0.1, 0.15) is 5.75 Å². The van der Waals surface area contributed by atoms with Crippen LogP contribution in [0.25, 0.3) is 0 Å². The number of amides is 3. The minimum Gasteiger partial charge on any atom is -0.426 e. The van der Waals surface area contributed by atoms with Crippen molar-refractivity contribution < 1.29 is 23.9 Å². The van der Waals surface area contributed by atoms with E-state index in [0.29, 0.717) is 22.3 Å². The molecule has 2 aliphatic heterocycles. The normalized spacial score (nSPS) is 26.3. The molecule has 0 unspecified atom stereocenters. The molecule has 3 aliphatic rings. The Kier molecular flexibility index (Phi) is 6.13. The zero-order chi connectivity index (χ0) is 24.9. The van der Waals surface area contributed by atoms with E-state index in [1.54, 1.807) is 47.4 Å². The second-order valence-electron chi connectivity index (χ2n) is 9.85. The second kappa shape index (κ2) is 9.11. The smallest absolute Gasteiger partial charge is 0.316 e. The van der Waals surface area contributed by atoms with Crippen LogP contribution in [0.3, 0.4) is 0 Å². The highest BCUT2D eigenvalue weighted by Gasteiger charge is 2.50. The molecule has 3 fully saturated rings. The molecule has 0 N–H and O–H groups in total. The molecule has 35 heavy (non-hydrogen) atoms. The molecule has 3 amide bonds. The van der Waals surface area contributed by atoms with Crippen molar-refractivity contribution in [3.05, 3.63) is 53.1 Å². The van der Waals surface area contributed by atoms with E-state index in [-0.39, 0.29) is 48.3 Å².